The van der Waals surface area contributed by atoms with Crippen LogP contribution in [0.3, 0.4) is 0 Å². The van der Waals surface area contributed by atoms with Crippen molar-refractivity contribution >= 4 is 11.3 Å². The number of nitrogens with two attached hydrogens (primary N) is 1. The van der Waals surface area contributed by atoms with E-state index in [0.29, 0.717) is 12.1 Å². The predicted octanol–water partition coefficient (Wildman–Crippen LogP) is 4.74. The van der Waals surface area contributed by atoms with Gasteiger partial charge in [-0.2, -0.15) is 0 Å². The molecule has 0 radical (unpaired) electrons. The largest absolute Gasteiger partial charge is 0.326 e. The standard InChI is InChI=1S/C18H32N2S/c1-5-14-8-10-15(11-9-14)20(4)18(16(19)6-2)17-12-7-13(3)21-17/h7,12,14-16,18H,5-6,8-11,19H2,1-4H3. The van der Waals surface area contributed by atoms with Gasteiger partial charge in [-0.05, 0) is 64.1 Å². The average molecular weight is 309 g/mol. The summed E-state index contributed by atoms with van der Waals surface area (Å²) >= 11 is 1.92. The van der Waals surface area contributed by atoms with Crippen LogP contribution < -0.4 is 5.73 Å². The van der Waals surface area contributed by atoms with E-state index in [1.54, 1.807) is 0 Å². The molecule has 2 nitrogen and oxygen atoms in total. The molecule has 3 heteroatoms. The Morgan fingerprint density at radius 3 is 2.38 bits per heavy atom. The van der Waals surface area contributed by atoms with Gasteiger partial charge >= 0.3 is 0 Å². The van der Waals surface area contributed by atoms with Crippen LogP contribution in [0, 0.1) is 12.8 Å². The van der Waals surface area contributed by atoms with Gasteiger partial charge in [-0.1, -0.05) is 20.3 Å². The van der Waals surface area contributed by atoms with E-state index in [1.807, 2.05) is 11.3 Å². The van der Waals surface area contributed by atoms with E-state index in [-0.39, 0.29) is 6.04 Å². The molecule has 1 saturated carbocycles. The molecule has 1 heterocycles. The Bertz CT molecular complexity index is 421. The van der Waals surface area contributed by atoms with Crippen LogP contribution in [0.2, 0.25) is 0 Å². The number of aryl methyl sites for hydroxylation is 1. The van der Waals surface area contributed by atoms with Gasteiger partial charge in [-0.3, -0.25) is 4.90 Å². The molecule has 0 saturated heterocycles. The maximum absolute atomic E-state index is 6.48. The van der Waals surface area contributed by atoms with Gasteiger partial charge in [-0.15, -0.1) is 11.3 Å². The highest BCUT2D eigenvalue weighted by atomic mass is 32.1. The Morgan fingerprint density at radius 2 is 1.90 bits per heavy atom. The summed E-state index contributed by atoms with van der Waals surface area (Å²) in [4.78, 5) is 5.43. The van der Waals surface area contributed by atoms with E-state index >= 15 is 0 Å². The maximum atomic E-state index is 6.48. The zero-order valence-electron chi connectivity index (χ0n) is 14.1. The highest BCUT2D eigenvalue weighted by molar-refractivity contribution is 7.12. The lowest BCUT2D eigenvalue weighted by molar-refractivity contribution is 0.105. The second-order valence-corrected chi connectivity index (χ2v) is 8.03. The average Bonchev–Trinajstić information content (AvgIpc) is 2.93. The van der Waals surface area contributed by atoms with E-state index < -0.39 is 0 Å². The molecular weight excluding hydrogens is 276 g/mol. The van der Waals surface area contributed by atoms with Crippen molar-refractivity contribution in [1.29, 1.82) is 0 Å². The SMILES string of the molecule is CCC1CCC(N(C)C(c2ccc(C)s2)C(N)CC)CC1. The number of likely N-dealkylation sites (N-methyl/N-ethyl adjacent to an activating group) is 1. The maximum Gasteiger partial charge on any atom is 0.0593 e. The van der Waals surface area contributed by atoms with Crippen molar-refractivity contribution in [3.05, 3.63) is 21.9 Å². The zero-order valence-corrected chi connectivity index (χ0v) is 15.0. The van der Waals surface area contributed by atoms with E-state index in [2.05, 4.69) is 44.9 Å². The van der Waals surface area contributed by atoms with E-state index in [9.17, 15) is 0 Å². The molecule has 2 unspecified atom stereocenters. The highest BCUT2D eigenvalue weighted by Gasteiger charge is 2.31. The lowest BCUT2D eigenvalue weighted by atomic mass is 9.83. The van der Waals surface area contributed by atoms with Crippen molar-refractivity contribution < 1.29 is 0 Å². The first-order chi connectivity index (χ1) is 10.1. The topological polar surface area (TPSA) is 29.3 Å². The fourth-order valence-corrected chi connectivity index (χ4v) is 4.84. The Kier molecular flexibility index (Phi) is 6.27. The Balaban J connectivity index is 2.10. The molecule has 120 valence electrons. The van der Waals surface area contributed by atoms with Crippen LogP contribution in [0.1, 0.15) is 68.2 Å². The van der Waals surface area contributed by atoms with Crippen molar-refractivity contribution in [2.24, 2.45) is 11.7 Å². The van der Waals surface area contributed by atoms with Crippen molar-refractivity contribution in [1.82, 2.24) is 4.90 Å². The second-order valence-electron chi connectivity index (χ2n) is 6.71. The van der Waals surface area contributed by atoms with Gasteiger partial charge in [0.25, 0.3) is 0 Å². The normalized spacial score (nSPS) is 26.0. The molecule has 2 rings (SSSR count). The smallest absolute Gasteiger partial charge is 0.0593 e. The summed E-state index contributed by atoms with van der Waals surface area (Å²) in [6, 6.07) is 5.84. The van der Waals surface area contributed by atoms with Crippen LogP contribution in [0.25, 0.3) is 0 Å². The summed E-state index contributed by atoms with van der Waals surface area (Å²) in [6.45, 7) is 6.73. The van der Waals surface area contributed by atoms with Crippen LogP contribution in [0.4, 0.5) is 0 Å². The van der Waals surface area contributed by atoms with Crippen LogP contribution >= 0.6 is 11.3 Å². The summed E-state index contributed by atoms with van der Waals surface area (Å²) in [5.41, 5.74) is 6.48. The Labute approximate surface area is 134 Å². The van der Waals surface area contributed by atoms with Gasteiger partial charge in [0.2, 0.25) is 0 Å². The first kappa shape index (κ1) is 17.0. The van der Waals surface area contributed by atoms with Crippen LogP contribution in [0.5, 0.6) is 0 Å². The van der Waals surface area contributed by atoms with Crippen LogP contribution in [-0.4, -0.2) is 24.0 Å². The summed E-state index contributed by atoms with van der Waals surface area (Å²) in [5.74, 6) is 0.955. The van der Waals surface area contributed by atoms with Crippen LogP contribution in [0.15, 0.2) is 12.1 Å². The van der Waals surface area contributed by atoms with Gasteiger partial charge in [0.15, 0.2) is 0 Å². The first-order valence-electron chi connectivity index (χ1n) is 8.60. The highest BCUT2D eigenvalue weighted by Crippen LogP contribution is 2.36. The van der Waals surface area contributed by atoms with Gasteiger partial charge in [0.1, 0.15) is 0 Å². The lowest BCUT2D eigenvalue weighted by Crippen LogP contribution is -2.44. The predicted molar refractivity (Wildman–Crippen MR) is 93.9 cm³/mol. The molecule has 1 aromatic heterocycles. The number of nitrogens with zero attached hydrogens (tertiary/aromatic N) is 1. The molecule has 1 aromatic rings. The molecule has 0 aromatic carbocycles. The van der Waals surface area contributed by atoms with Crippen molar-refractivity contribution in [2.75, 3.05) is 7.05 Å². The molecule has 1 aliphatic carbocycles. The van der Waals surface area contributed by atoms with E-state index in [4.69, 9.17) is 5.73 Å². The number of hydrogen-bond acceptors (Lipinski definition) is 3. The monoisotopic (exact) mass is 308 g/mol. The summed E-state index contributed by atoms with van der Waals surface area (Å²) in [7, 11) is 2.30. The Morgan fingerprint density at radius 1 is 1.24 bits per heavy atom. The fraction of sp³-hybridized carbons (Fsp3) is 0.778. The first-order valence-corrected chi connectivity index (χ1v) is 9.42. The quantitative estimate of drug-likeness (QED) is 0.822. The molecule has 0 spiro atoms. The number of rotatable bonds is 6. The van der Waals surface area contributed by atoms with Crippen LogP contribution in [-0.2, 0) is 0 Å². The molecule has 1 aliphatic rings. The molecule has 21 heavy (non-hydrogen) atoms. The molecule has 0 aliphatic heterocycles. The van der Waals surface area contributed by atoms with Crippen molar-refractivity contribution in [2.45, 2.75) is 77.4 Å². The van der Waals surface area contributed by atoms with E-state index in [1.165, 1.54) is 41.9 Å². The minimum atomic E-state index is 0.233. The third kappa shape index (κ3) is 4.08. The van der Waals surface area contributed by atoms with Gasteiger partial charge in [0.05, 0.1) is 6.04 Å². The van der Waals surface area contributed by atoms with Crippen molar-refractivity contribution in [3.63, 3.8) is 0 Å². The molecule has 0 bridgehead atoms. The molecule has 0 amide bonds. The summed E-state index contributed by atoms with van der Waals surface area (Å²) in [5, 5.41) is 0. The zero-order chi connectivity index (χ0) is 15.4. The summed E-state index contributed by atoms with van der Waals surface area (Å²) < 4.78 is 0. The minimum Gasteiger partial charge on any atom is -0.326 e. The molecular formula is C18H32N2S. The van der Waals surface area contributed by atoms with E-state index in [0.717, 1.165) is 12.3 Å². The Hall–Kier alpha value is -0.380. The molecule has 2 N–H and O–H groups in total. The van der Waals surface area contributed by atoms with Gasteiger partial charge < -0.3 is 5.73 Å². The number of hydrogen-bond donors (Lipinski definition) is 1. The lowest BCUT2D eigenvalue weighted by Gasteiger charge is -2.40. The molecule has 2 atom stereocenters. The van der Waals surface area contributed by atoms with Gasteiger partial charge in [0, 0.05) is 21.8 Å². The minimum absolute atomic E-state index is 0.233. The third-order valence-electron chi connectivity index (χ3n) is 5.34. The molecule has 1 fully saturated rings. The number of thiophene rings is 1. The third-order valence-corrected chi connectivity index (χ3v) is 6.41. The second kappa shape index (κ2) is 7.75. The van der Waals surface area contributed by atoms with Crippen molar-refractivity contribution in [3.8, 4) is 0 Å². The fourth-order valence-electron chi connectivity index (χ4n) is 3.74. The summed E-state index contributed by atoms with van der Waals surface area (Å²) in [6.07, 6.45) is 7.85. The van der Waals surface area contributed by atoms with Gasteiger partial charge in [-0.25, -0.2) is 0 Å².